The normalized spacial score (nSPS) is 15.1. The number of benzene rings is 3. The van der Waals surface area contributed by atoms with Gasteiger partial charge in [-0.3, -0.25) is 4.79 Å². The number of rotatable bonds is 4. The molecule has 0 spiro atoms. The molecule has 6 nitrogen and oxygen atoms in total. The zero-order valence-corrected chi connectivity index (χ0v) is 18.9. The summed E-state index contributed by atoms with van der Waals surface area (Å²) in [6.45, 7) is 1.89. The Morgan fingerprint density at radius 1 is 1.00 bits per heavy atom. The predicted molar refractivity (Wildman–Crippen MR) is 129 cm³/mol. The number of hydrogen-bond acceptors (Lipinski definition) is 4. The van der Waals surface area contributed by atoms with Crippen LogP contribution in [0.5, 0.6) is 0 Å². The lowest BCUT2D eigenvalue weighted by Gasteiger charge is -2.28. The van der Waals surface area contributed by atoms with Crippen LogP contribution in [0.25, 0.3) is 11.4 Å². The highest BCUT2D eigenvalue weighted by Gasteiger charge is 2.34. The summed E-state index contributed by atoms with van der Waals surface area (Å²) in [5, 5.41) is 11.1. The topological polar surface area (TPSA) is 71.8 Å². The third-order valence-electron chi connectivity index (χ3n) is 5.33. The lowest BCUT2D eigenvalue weighted by molar-refractivity contribution is -0.113. The number of para-hydroxylation sites is 1. The van der Waals surface area contributed by atoms with Crippen molar-refractivity contribution < 1.29 is 4.79 Å². The second-order valence-corrected chi connectivity index (χ2v) is 8.43. The molecule has 0 saturated carbocycles. The highest BCUT2D eigenvalue weighted by Crippen LogP contribution is 2.37. The van der Waals surface area contributed by atoms with Crippen LogP contribution in [0.1, 0.15) is 18.5 Å². The smallest absolute Gasteiger partial charge is 0.255 e. The highest BCUT2D eigenvalue weighted by molar-refractivity contribution is 9.10. The van der Waals surface area contributed by atoms with Crippen molar-refractivity contribution in [3.63, 3.8) is 0 Å². The van der Waals surface area contributed by atoms with Crippen molar-refractivity contribution in [2.75, 3.05) is 10.6 Å². The number of nitrogens with one attached hydrogen (secondary N) is 2. The van der Waals surface area contributed by atoms with Gasteiger partial charge in [-0.15, -0.1) is 5.10 Å². The van der Waals surface area contributed by atoms with Crippen LogP contribution in [-0.4, -0.2) is 20.7 Å². The first-order valence-electron chi connectivity index (χ1n) is 10.2. The Kier molecular flexibility index (Phi) is 5.33. The van der Waals surface area contributed by atoms with E-state index in [-0.39, 0.29) is 5.91 Å². The third-order valence-corrected chi connectivity index (χ3v) is 5.82. The molecule has 0 unspecified atom stereocenters. The number of hydrogen-bond donors (Lipinski definition) is 2. The number of anilines is 2. The van der Waals surface area contributed by atoms with Gasteiger partial charge in [-0.1, -0.05) is 76.6 Å². The van der Waals surface area contributed by atoms with Crippen LogP contribution >= 0.6 is 15.9 Å². The number of aromatic nitrogens is 3. The molecular formula is C25H20BrN5O. The first-order valence-corrected chi connectivity index (χ1v) is 11.0. The van der Waals surface area contributed by atoms with E-state index >= 15 is 0 Å². The predicted octanol–water partition coefficient (Wildman–Crippen LogP) is 5.64. The molecule has 1 atom stereocenters. The van der Waals surface area contributed by atoms with Crippen molar-refractivity contribution >= 4 is 33.5 Å². The average molecular weight is 486 g/mol. The second kappa shape index (κ2) is 8.43. The summed E-state index contributed by atoms with van der Waals surface area (Å²) in [7, 11) is 0. The van der Waals surface area contributed by atoms with Gasteiger partial charge in [0.1, 0.15) is 6.04 Å². The molecule has 3 aromatic carbocycles. The van der Waals surface area contributed by atoms with E-state index < -0.39 is 6.04 Å². The SMILES string of the molecule is CC1=C(C(=O)Nc2ccccc2)[C@@H](c2cccc(Br)c2)n2nc(-c3ccccc3)nc2N1. The molecule has 32 heavy (non-hydrogen) atoms. The van der Waals surface area contributed by atoms with Gasteiger partial charge in [-0.2, -0.15) is 4.98 Å². The Morgan fingerprint density at radius 3 is 2.44 bits per heavy atom. The number of amides is 1. The van der Waals surface area contributed by atoms with E-state index in [1.165, 1.54) is 0 Å². The van der Waals surface area contributed by atoms with Crippen LogP contribution < -0.4 is 10.6 Å². The van der Waals surface area contributed by atoms with Gasteiger partial charge in [0.15, 0.2) is 5.82 Å². The number of carbonyl (C=O) groups is 1. The lowest BCUT2D eigenvalue weighted by atomic mass is 9.95. The van der Waals surface area contributed by atoms with Gasteiger partial charge in [0, 0.05) is 21.4 Å². The zero-order valence-electron chi connectivity index (χ0n) is 17.3. The average Bonchev–Trinajstić information content (AvgIpc) is 3.23. The Balaban J connectivity index is 1.62. The summed E-state index contributed by atoms with van der Waals surface area (Å²) in [6.07, 6.45) is 0. The summed E-state index contributed by atoms with van der Waals surface area (Å²) in [5.74, 6) is 1.02. The van der Waals surface area contributed by atoms with Crippen LogP contribution in [0.2, 0.25) is 0 Å². The van der Waals surface area contributed by atoms with E-state index in [1.54, 1.807) is 4.68 Å². The molecule has 0 saturated heterocycles. The first-order chi connectivity index (χ1) is 15.6. The van der Waals surface area contributed by atoms with Crippen LogP contribution in [0.15, 0.2) is 101 Å². The second-order valence-electron chi connectivity index (χ2n) is 7.51. The molecule has 7 heteroatoms. The molecule has 2 N–H and O–H groups in total. The van der Waals surface area contributed by atoms with Crippen molar-refractivity contribution in [2.45, 2.75) is 13.0 Å². The van der Waals surface area contributed by atoms with Crippen molar-refractivity contribution in [2.24, 2.45) is 0 Å². The summed E-state index contributed by atoms with van der Waals surface area (Å²) < 4.78 is 2.72. The van der Waals surface area contributed by atoms with Gasteiger partial charge < -0.3 is 10.6 Å². The molecule has 1 aliphatic rings. The quantitative estimate of drug-likeness (QED) is 0.392. The molecule has 4 aromatic rings. The van der Waals surface area contributed by atoms with E-state index in [9.17, 15) is 4.79 Å². The standard InChI is InChI=1S/C25H20BrN5O/c1-16-21(24(32)28-20-13-6-3-7-14-20)22(18-11-8-12-19(26)15-18)31-25(27-16)29-23(30-31)17-9-4-2-5-10-17/h2-15,22H,1H3,(H,28,32)(H,27,29,30)/t22-/m1/s1. The third kappa shape index (κ3) is 3.83. The van der Waals surface area contributed by atoms with Crippen molar-refractivity contribution in [1.29, 1.82) is 0 Å². The fourth-order valence-corrected chi connectivity index (χ4v) is 4.28. The van der Waals surface area contributed by atoms with Crippen LogP contribution in [0, 0.1) is 0 Å². The van der Waals surface area contributed by atoms with Gasteiger partial charge in [-0.25, -0.2) is 4.68 Å². The molecule has 2 heterocycles. The molecule has 0 bridgehead atoms. The summed E-state index contributed by atoms with van der Waals surface area (Å²) in [4.78, 5) is 18.2. The monoisotopic (exact) mass is 485 g/mol. The van der Waals surface area contributed by atoms with E-state index in [4.69, 9.17) is 10.1 Å². The van der Waals surface area contributed by atoms with Crippen LogP contribution in [0.4, 0.5) is 11.6 Å². The Morgan fingerprint density at radius 2 is 1.72 bits per heavy atom. The van der Waals surface area contributed by atoms with E-state index in [1.807, 2.05) is 91.9 Å². The van der Waals surface area contributed by atoms with Crippen molar-refractivity contribution in [3.8, 4) is 11.4 Å². The van der Waals surface area contributed by atoms with Crippen molar-refractivity contribution in [1.82, 2.24) is 14.8 Å². The number of halogens is 1. The molecule has 0 fully saturated rings. The minimum absolute atomic E-state index is 0.186. The Labute approximate surface area is 194 Å². The Hall–Kier alpha value is -3.71. The fraction of sp³-hybridized carbons (Fsp3) is 0.0800. The largest absolute Gasteiger partial charge is 0.328 e. The maximum atomic E-state index is 13.5. The molecular weight excluding hydrogens is 466 g/mol. The number of allylic oxidation sites excluding steroid dienone is 1. The zero-order chi connectivity index (χ0) is 22.1. The van der Waals surface area contributed by atoms with Crippen molar-refractivity contribution in [3.05, 3.63) is 106 Å². The van der Waals surface area contributed by atoms with Gasteiger partial charge >= 0.3 is 0 Å². The molecule has 0 radical (unpaired) electrons. The maximum Gasteiger partial charge on any atom is 0.255 e. The van der Waals surface area contributed by atoms with E-state index in [2.05, 4.69) is 26.6 Å². The minimum atomic E-state index is -0.433. The molecule has 1 amide bonds. The summed E-state index contributed by atoms with van der Waals surface area (Å²) in [5.41, 5.74) is 3.91. The Bertz CT molecular complexity index is 1310. The molecule has 1 aromatic heterocycles. The van der Waals surface area contributed by atoms with E-state index in [0.29, 0.717) is 17.3 Å². The maximum absolute atomic E-state index is 13.5. The number of fused-ring (bicyclic) bond motifs is 1. The van der Waals surface area contributed by atoms with Crippen LogP contribution in [0.3, 0.4) is 0 Å². The molecule has 158 valence electrons. The number of nitrogens with zero attached hydrogens (tertiary/aromatic N) is 3. The van der Waals surface area contributed by atoms with Gasteiger partial charge in [0.25, 0.3) is 5.91 Å². The molecule has 5 rings (SSSR count). The summed E-state index contributed by atoms with van der Waals surface area (Å²) >= 11 is 3.56. The molecule has 1 aliphatic heterocycles. The fourth-order valence-electron chi connectivity index (χ4n) is 3.86. The van der Waals surface area contributed by atoms with Gasteiger partial charge in [0.2, 0.25) is 5.95 Å². The minimum Gasteiger partial charge on any atom is -0.328 e. The summed E-state index contributed by atoms with van der Waals surface area (Å²) in [6, 6.07) is 26.7. The van der Waals surface area contributed by atoms with Gasteiger partial charge in [0.05, 0.1) is 5.57 Å². The highest BCUT2D eigenvalue weighted by atomic mass is 79.9. The van der Waals surface area contributed by atoms with Crippen LogP contribution in [-0.2, 0) is 4.79 Å². The van der Waals surface area contributed by atoms with E-state index in [0.717, 1.165) is 27.0 Å². The lowest BCUT2D eigenvalue weighted by Crippen LogP contribution is -2.31. The molecule has 0 aliphatic carbocycles. The number of carbonyl (C=O) groups excluding carboxylic acids is 1. The van der Waals surface area contributed by atoms with Gasteiger partial charge in [-0.05, 0) is 36.8 Å². The first kappa shape index (κ1) is 20.2.